The van der Waals surface area contributed by atoms with Gasteiger partial charge in [0, 0.05) is 20.3 Å². The number of hydrogen-bond donors (Lipinski definition) is 1. The van der Waals surface area contributed by atoms with Crippen LogP contribution in [0.15, 0.2) is 24.3 Å². The minimum Gasteiger partial charge on any atom is -0.398 e. The molecule has 0 bridgehead atoms. The van der Waals surface area contributed by atoms with Crippen LogP contribution < -0.4 is 5.73 Å². The van der Waals surface area contributed by atoms with Crippen molar-refractivity contribution in [3.05, 3.63) is 33.5 Å². The molecule has 2 N–H and O–H groups in total. The van der Waals surface area contributed by atoms with Crippen LogP contribution in [-0.4, -0.2) is 4.98 Å². The van der Waals surface area contributed by atoms with E-state index < -0.39 is 0 Å². The zero-order valence-electron chi connectivity index (χ0n) is 9.50. The number of hydrogen-bond acceptors (Lipinski definition) is 2. The first kappa shape index (κ1) is 11.6. The zero-order valence-corrected chi connectivity index (χ0v) is 11.7. The van der Waals surface area contributed by atoms with Crippen LogP contribution in [0.3, 0.4) is 0 Å². The van der Waals surface area contributed by atoms with Crippen molar-refractivity contribution >= 4 is 39.2 Å². The molecule has 0 aliphatic carbocycles. The lowest BCUT2D eigenvalue weighted by atomic mass is 10.1. The van der Waals surface area contributed by atoms with E-state index in [-0.39, 0.29) is 0 Å². The summed E-state index contributed by atoms with van der Waals surface area (Å²) in [7, 11) is 0. The molecule has 2 aromatic rings. The molecule has 16 heavy (non-hydrogen) atoms. The Labute approximate surface area is 109 Å². The highest BCUT2D eigenvalue weighted by Gasteiger charge is 2.07. The summed E-state index contributed by atoms with van der Waals surface area (Å²) in [5.74, 6) is 0.603. The average molecular weight is 326 g/mol. The Morgan fingerprint density at radius 3 is 2.81 bits per heavy atom. The first-order valence-electron chi connectivity index (χ1n) is 5.41. The molecule has 0 aliphatic rings. The average Bonchev–Trinajstić information content (AvgIpc) is 2.19. The monoisotopic (exact) mass is 326 g/mol. The molecule has 0 saturated carbocycles. The van der Waals surface area contributed by atoms with Crippen LogP contribution in [0, 0.1) is 9.49 Å². The number of nitrogens with zero attached hydrogens (tertiary/aromatic N) is 1. The topological polar surface area (TPSA) is 38.9 Å². The second-order valence-electron chi connectivity index (χ2n) is 4.44. The molecule has 0 atom stereocenters. The van der Waals surface area contributed by atoms with Crippen LogP contribution in [0.25, 0.3) is 10.9 Å². The number of nitrogen functional groups attached to an aromatic ring is 1. The van der Waals surface area contributed by atoms with Crippen molar-refractivity contribution in [3.8, 4) is 0 Å². The van der Waals surface area contributed by atoms with Gasteiger partial charge in [-0.3, -0.25) is 4.98 Å². The van der Waals surface area contributed by atoms with E-state index >= 15 is 0 Å². The second-order valence-corrected chi connectivity index (χ2v) is 5.60. The third-order valence-electron chi connectivity index (χ3n) is 2.49. The lowest BCUT2D eigenvalue weighted by Gasteiger charge is -2.09. The van der Waals surface area contributed by atoms with Gasteiger partial charge in [-0.25, -0.2) is 0 Å². The molecule has 0 spiro atoms. The predicted molar refractivity (Wildman–Crippen MR) is 77.4 cm³/mol. The van der Waals surface area contributed by atoms with Gasteiger partial charge in [0.25, 0.3) is 0 Å². The Hall–Kier alpha value is -0.840. The minimum atomic E-state index is 0.603. The van der Waals surface area contributed by atoms with Crippen LogP contribution in [-0.2, 0) is 6.42 Å². The minimum absolute atomic E-state index is 0.603. The molecule has 2 rings (SSSR count). The number of pyridine rings is 1. The molecule has 84 valence electrons. The fourth-order valence-corrected chi connectivity index (χ4v) is 2.44. The summed E-state index contributed by atoms with van der Waals surface area (Å²) in [6.45, 7) is 4.38. The van der Waals surface area contributed by atoms with E-state index in [1.807, 2.05) is 18.2 Å². The van der Waals surface area contributed by atoms with Crippen LogP contribution >= 0.6 is 22.6 Å². The van der Waals surface area contributed by atoms with Crippen LogP contribution in [0.2, 0.25) is 0 Å². The van der Waals surface area contributed by atoms with Gasteiger partial charge in [-0.2, -0.15) is 0 Å². The number of anilines is 1. The molecule has 2 nitrogen and oxygen atoms in total. The SMILES string of the molecule is CC(C)Cc1cc(N)c2cccc(I)c2n1. The fourth-order valence-electron chi connectivity index (χ4n) is 1.82. The Bertz CT molecular complexity index is 521. The number of rotatable bonds is 2. The molecular formula is C13H15IN2. The normalized spacial score (nSPS) is 11.2. The molecular weight excluding hydrogens is 311 g/mol. The third-order valence-corrected chi connectivity index (χ3v) is 3.36. The van der Waals surface area contributed by atoms with E-state index in [1.54, 1.807) is 0 Å². The standard InChI is InChI=1S/C13H15IN2/c1-8(2)6-9-7-12(15)10-4-3-5-11(14)13(10)16-9/h3-5,7-8H,6H2,1-2H3,(H2,15,16). The largest absolute Gasteiger partial charge is 0.398 e. The highest BCUT2D eigenvalue weighted by Crippen LogP contribution is 2.25. The van der Waals surface area contributed by atoms with Crippen LogP contribution in [0.1, 0.15) is 19.5 Å². The Morgan fingerprint density at radius 2 is 2.12 bits per heavy atom. The quantitative estimate of drug-likeness (QED) is 0.856. The van der Waals surface area contributed by atoms with Crippen molar-refractivity contribution in [2.45, 2.75) is 20.3 Å². The van der Waals surface area contributed by atoms with Gasteiger partial charge in [0.15, 0.2) is 0 Å². The first-order chi connectivity index (χ1) is 7.58. The maximum absolute atomic E-state index is 6.06. The van der Waals surface area contributed by atoms with E-state index in [1.165, 1.54) is 0 Å². The van der Waals surface area contributed by atoms with Crippen LogP contribution in [0.4, 0.5) is 5.69 Å². The van der Waals surface area contributed by atoms with Crippen molar-refractivity contribution in [1.29, 1.82) is 0 Å². The molecule has 0 amide bonds. The van der Waals surface area contributed by atoms with Gasteiger partial charge in [-0.15, -0.1) is 0 Å². The van der Waals surface area contributed by atoms with Gasteiger partial charge < -0.3 is 5.73 Å². The summed E-state index contributed by atoms with van der Waals surface area (Å²) in [6.07, 6.45) is 0.977. The molecule has 0 fully saturated rings. The van der Waals surface area contributed by atoms with Crippen molar-refractivity contribution in [2.75, 3.05) is 5.73 Å². The summed E-state index contributed by atoms with van der Waals surface area (Å²) in [5.41, 5.74) is 9.00. The van der Waals surface area contributed by atoms with Gasteiger partial charge >= 0.3 is 0 Å². The first-order valence-corrected chi connectivity index (χ1v) is 6.49. The summed E-state index contributed by atoms with van der Waals surface area (Å²) >= 11 is 2.31. The summed E-state index contributed by atoms with van der Waals surface area (Å²) in [6, 6.07) is 8.11. The molecule has 0 aliphatic heterocycles. The van der Waals surface area contributed by atoms with Crippen molar-refractivity contribution < 1.29 is 0 Å². The molecule has 1 heterocycles. The Morgan fingerprint density at radius 1 is 1.38 bits per heavy atom. The fraction of sp³-hybridized carbons (Fsp3) is 0.308. The van der Waals surface area contributed by atoms with Gasteiger partial charge in [0.05, 0.1) is 5.52 Å². The molecule has 1 aromatic carbocycles. The van der Waals surface area contributed by atoms with Gasteiger partial charge in [0.1, 0.15) is 0 Å². The molecule has 3 heteroatoms. The number of halogens is 1. The lowest BCUT2D eigenvalue weighted by molar-refractivity contribution is 0.637. The van der Waals surface area contributed by atoms with Gasteiger partial charge in [-0.1, -0.05) is 26.0 Å². The maximum atomic E-state index is 6.06. The maximum Gasteiger partial charge on any atom is 0.0859 e. The van der Waals surface area contributed by atoms with E-state index in [2.05, 4.69) is 47.5 Å². The predicted octanol–water partition coefficient (Wildman–Crippen LogP) is 3.62. The van der Waals surface area contributed by atoms with Crippen molar-refractivity contribution in [3.63, 3.8) is 0 Å². The van der Waals surface area contributed by atoms with Crippen molar-refractivity contribution in [2.24, 2.45) is 5.92 Å². The van der Waals surface area contributed by atoms with E-state index in [0.29, 0.717) is 5.92 Å². The highest BCUT2D eigenvalue weighted by molar-refractivity contribution is 14.1. The van der Waals surface area contributed by atoms with E-state index in [4.69, 9.17) is 5.73 Å². The number of nitrogens with two attached hydrogens (primary N) is 1. The van der Waals surface area contributed by atoms with Gasteiger partial charge in [0.2, 0.25) is 0 Å². The lowest BCUT2D eigenvalue weighted by Crippen LogP contribution is -2.00. The van der Waals surface area contributed by atoms with E-state index in [9.17, 15) is 0 Å². The number of aromatic nitrogens is 1. The molecule has 1 aromatic heterocycles. The molecule has 0 unspecified atom stereocenters. The highest BCUT2D eigenvalue weighted by atomic mass is 127. The van der Waals surface area contributed by atoms with E-state index in [0.717, 1.165) is 32.3 Å². The van der Waals surface area contributed by atoms with Crippen LogP contribution in [0.5, 0.6) is 0 Å². The summed E-state index contributed by atoms with van der Waals surface area (Å²) in [5, 5.41) is 1.06. The number of benzene rings is 1. The second kappa shape index (κ2) is 4.57. The van der Waals surface area contributed by atoms with Crippen molar-refractivity contribution in [1.82, 2.24) is 4.98 Å². The third kappa shape index (κ3) is 2.29. The summed E-state index contributed by atoms with van der Waals surface area (Å²) < 4.78 is 1.16. The summed E-state index contributed by atoms with van der Waals surface area (Å²) in [4.78, 5) is 4.69. The number of para-hydroxylation sites is 1. The smallest absolute Gasteiger partial charge is 0.0859 e. The molecule has 0 radical (unpaired) electrons. The van der Waals surface area contributed by atoms with Gasteiger partial charge in [-0.05, 0) is 47.1 Å². The Kier molecular flexibility index (Phi) is 3.33. The zero-order chi connectivity index (χ0) is 11.7. The number of fused-ring (bicyclic) bond motifs is 1. The Balaban J connectivity index is 2.61. The molecule has 0 saturated heterocycles.